The maximum atomic E-state index is 6.44. The van der Waals surface area contributed by atoms with Crippen LogP contribution in [0.3, 0.4) is 0 Å². The molecule has 29 heavy (non-hydrogen) atoms. The fraction of sp³-hybridized carbons (Fsp3) is 0.0909. The van der Waals surface area contributed by atoms with Gasteiger partial charge in [-0.25, -0.2) is 0 Å². The van der Waals surface area contributed by atoms with Crippen molar-refractivity contribution in [1.29, 1.82) is 0 Å². The van der Waals surface area contributed by atoms with Gasteiger partial charge in [0, 0.05) is 27.0 Å². The molecule has 1 heterocycles. The van der Waals surface area contributed by atoms with Gasteiger partial charge in [0.1, 0.15) is 0 Å². The number of rotatable bonds is 5. The van der Waals surface area contributed by atoms with Crippen molar-refractivity contribution in [2.75, 3.05) is 0 Å². The molecule has 4 aromatic rings. The topological polar surface area (TPSA) is 30.7 Å². The van der Waals surface area contributed by atoms with Gasteiger partial charge in [0.25, 0.3) is 0 Å². The molecular formula is C22H16Cl3N3S. The third kappa shape index (κ3) is 4.31. The minimum atomic E-state index is 0.574. The molecule has 0 N–H and O–H groups in total. The highest BCUT2D eigenvalue weighted by Crippen LogP contribution is 2.35. The molecule has 0 aliphatic carbocycles. The van der Waals surface area contributed by atoms with Gasteiger partial charge in [0.05, 0.1) is 5.02 Å². The van der Waals surface area contributed by atoms with E-state index in [2.05, 4.69) is 29.3 Å². The summed E-state index contributed by atoms with van der Waals surface area (Å²) in [5, 5.41) is 11.5. The van der Waals surface area contributed by atoms with Crippen molar-refractivity contribution in [1.82, 2.24) is 14.8 Å². The predicted molar refractivity (Wildman–Crippen MR) is 123 cm³/mol. The number of aromatic nitrogens is 3. The molecule has 7 heteroatoms. The molecule has 3 nitrogen and oxygen atoms in total. The van der Waals surface area contributed by atoms with Gasteiger partial charge in [0.2, 0.25) is 0 Å². The van der Waals surface area contributed by atoms with Gasteiger partial charge in [-0.15, -0.1) is 10.2 Å². The van der Waals surface area contributed by atoms with Gasteiger partial charge in [-0.1, -0.05) is 82.5 Å². The molecule has 0 radical (unpaired) electrons. The normalized spacial score (nSPS) is 11.0. The van der Waals surface area contributed by atoms with Crippen molar-refractivity contribution in [2.24, 2.45) is 0 Å². The van der Waals surface area contributed by atoms with Crippen LogP contribution in [0, 0.1) is 6.92 Å². The number of benzene rings is 3. The first-order valence-corrected chi connectivity index (χ1v) is 11.0. The smallest absolute Gasteiger partial charge is 0.196 e. The highest BCUT2D eigenvalue weighted by molar-refractivity contribution is 7.98. The van der Waals surface area contributed by atoms with E-state index < -0.39 is 0 Å². The monoisotopic (exact) mass is 459 g/mol. The molecule has 0 saturated carbocycles. The second-order valence-corrected chi connectivity index (χ2v) is 8.61. The highest BCUT2D eigenvalue weighted by atomic mass is 35.5. The summed E-state index contributed by atoms with van der Waals surface area (Å²) in [6.07, 6.45) is 0. The summed E-state index contributed by atoms with van der Waals surface area (Å²) in [5.41, 5.74) is 3.84. The lowest BCUT2D eigenvalue weighted by molar-refractivity contribution is 0.885. The molecule has 0 amide bonds. The van der Waals surface area contributed by atoms with E-state index in [1.807, 2.05) is 59.2 Å². The van der Waals surface area contributed by atoms with E-state index in [0.29, 0.717) is 26.6 Å². The van der Waals surface area contributed by atoms with Gasteiger partial charge >= 0.3 is 0 Å². The Balaban J connectivity index is 1.78. The average Bonchev–Trinajstić information content (AvgIpc) is 3.12. The van der Waals surface area contributed by atoms with Crippen LogP contribution in [0.2, 0.25) is 15.1 Å². The summed E-state index contributed by atoms with van der Waals surface area (Å²) >= 11 is 20.6. The predicted octanol–water partition coefficient (Wildman–Crippen LogP) is 7.50. The Bertz CT molecular complexity index is 1140. The van der Waals surface area contributed by atoms with Gasteiger partial charge in [-0.2, -0.15) is 0 Å². The first kappa shape index (κ1) is 20.3. The quantitative estimate of drug-likeness (QED) is 0.289. The number of hydrogen-bond acceptors (Lipinski definition) is 3. The molecule has 0 aliphatic heterocycles. The zero-order valence-electron chi connectivity index (χ0n) is 15.4. The summed E-state index contributed by atoms with van der Waals surface area (Å²) in [6, 6.07) is 21.3. The number of nitrogens with zero attached hydrogens (tertiary/aromatic N) is 3. The lowest BCUT2D eigenvalue weighted by Crippen LogP contribution is -2.00. The summed E-state index contributed by atoms with van der Waals surface area (Å²) in [7, 11) is 0. The molecule has 0 bridgehead atoms. The molecule has 0 unspecified atom stereocenters. The van der Waals surface area contributed by atoms with Crippen LogP contribution in [0.1, 0.15) is 11.1 Å². The van der Waals surface area contributed by atoms with Gasteiger partial charge in [-0.05, 0) is 48.9 Å². The Labute approximate surface area is 188 Å². The minimum Gasteiger partial charge on any atom is -0.270 e. The summed E-state index contributed by atoms with van der Waals surface area (Å²) in [5.74, 6) is 1.26. The third-order valence-electron chi connectivity index (χ3n) is 4.45. The Morgan fingerprint density at radius 1 is 0.793 bits per heavy atom. The number of thioether (sulfide) groups is 1. The molecule has 3 aromatic carbocycles. The Morgan fingerprint density at radius 2 is 1.45 bits per heavy atom. The van der Waals surface area contributed by atoms with Crippen molar-refractivity contribution in [3.63, 3.8) is 0 Å². The third-order valence-corrected chi connectivity index (χ3v) is 6.44. The molecule has 0 atom stereocenters. The van der Waals surface area contributed by atoms with E-state index in [-0.39, 0.29) is 0 Å². The zero-order chi connectivity index (χ0) is 20.4. The maximum absolute atomic E-state index is 6.44. The van der Waals surface area contributed by atoms with E-state index in [4.69, 9.17) is 34.8 Å². The summed E-state index contributed by atoms with van der Waals surface area (Å²) in [4.78, 5) is 0. The fourth-order valence-electron chi connectivity index (χ4n) is 2.91. The first-order chi connectivity index (χ1) is 14.0. The zero-order valence-corrected chi connectivity index (χ0v) is 18.5. The molecule has 0 fully saturated rings. The van der Waals surface area contributed by atoms with Crippen molar-refractivity contribution in [3.8, 4) is 17.1 Å². The number of aryl methyl sites for hydroxylation is 1. The SMILES string of the molecule is Cc1ccc(-n2c(SCc3c(Cl)cccc3Cl)nnc2-c2ccccc2Cl)cc1. The Hall–Kier alpha value is -1.98. The first-order valence-electron chi connectivity index (χ1n) is 8.87. The largest absolute Gasteiger partial charge is 0.270 e. The van der Waals surface area contributed by atoms with Crippen LogP contribution in [0.4, 0.5) is 0 Å². The van der Waals surface area contributed by atoms with Crippen LogP contribution in [-0.2, 0) is 5.75 Å². The lowest BCUT2D eigenvalue weighted by Gasteiger charge is -2.12. The molecule has 0 aliphatic rings. The Morgan fingerprint density at radius 3 is 2.14 bits per heavy atom. The van der Waals surface area contributed by atoms with Gasteiger partial charge < -0.3 is 0 Å². The van der Waals surface area contributed by atoms with Crippen LogP contribution in [0.5, 0.6) is 0 Å². The summed E-state index contributed by atoms with van der Waals surface area (Å²) in [6.45, 7) is 2.06. The summed E-state index contributed by atoms with van der Waals surface area (Å²) < 4.78 is 2.01. The van der Waals surface area contributed by atoms with Crippen LogP contribution >= 0.6 is 46.6 Å². The number of hydrogen-bond donors (Lipinski definition) is 0. The van der Waals surface area contributed by atoms with Crippen molar-refractivity contribution >= 4 is 46.6 Å². The van der Waals surface area contributed by atoms with Gasteiger partial charge in [-0.3, -0.25) is 4.57 Å². The van der Waals surface area contributed by atoms with Crippen molar-refractivity contribution in [3.05, 3.63) is 92.9 Å². The average molecular weight is 461 g/mol. The van der Waals surface area contributed by atoms with E-state index in [1.165, 1.54) is 17.3 Å². The Kier molecular flexibility index (Phi) is 6.16. The van der Waals surface area contributed by atoms with E-state index in [9.17, 15) is 0 Å². The molecule has 0 saturated heterocycles. The standard InChI is InChI=1S/C22H16Cl3N3S/c1-14-9-11-15(12-10-14)28-21(16-5-2-3-6-18(16)23)26-27-22(28)29-13-17-19(24)7-4-8-20(17)25/h2-12H,13H2,1H3. The molecule has 0 spiro atoms. The molecule has 4 rings (SSSR count). The van der Waals surface area contributed by atoms with Gasteiger partial charge in [0.15, 0.2) is 11.0 Å². The van der Waals surface area contributed by atoms with E-state index in [1.54, 1.807) is 0 Å². The molecule has 1 aromatic heterocycles. The van der Waals surface area contributed by atoms with E-state index in [0.717, 1.165) is 22.0 Å². The van der Waals surface area contributed by atoms with Crippen LogP contribution in [0.15, 0.2) is 71.9 Å². The van der Waals surface area contributed by atoms with Crippen molar-refractivity contribution < 1.29 is 0 Å². The fourth-order valence-corrected chi connectivity index (χ4v) is 4.83. The molecular weight excluding hydrogens is 445 g/mol. The minimum absolute atomic E-state index is 0.574. The molecule has 146 valence electrons. The maximum Gasteiger partial charge on any atom is 0.196 e. The van der Waals surface area contributed by atoms with Crippen LogP contribution < -0.4 is 0 Å². The second-order valence-electron chi connectivity index (χ2n) is 6.45. The highest BCUT2D eigenvalue weighted by Gasteiger charge is 2.19. The van der Waals surface area contributed by atoms with E-state index >= 15 is 0 Å². The second kappa shape index (κ2) is 8.80. The number of halogens is 3. The van der Waals surface area contributed by atoms with Crippen LogP contribution in [-0.4, -0.2) is 14.8 Å². The van der Waals surface area contributed by atoms with Crippen LogP contribution in [0.25, 0.3) is 17.1 Å². The lowest BCUT2D eigenvalue weighted by atomic mass is 10.2. The van der Waals surface area contributed by atoms with Crippen molar-refractivity contribution in [2.45, 2.75) is 17.8 Å².